The molecule has 0 radical (unpaired) electrons. The summed E-state index contributed by atoms with van der Waals surface area (Å²) in [5.74, 6) is -0.918. The van der Waals surface area contributed by atoms with Crippen LogP contribution in [0.1, 0.15) is 38.4 Å². The van der Waals surface area contributed by atoms with E-state index >= 15 is 0 Å². The lowest BCUT2D eigenvalue weighted by Crippen LogP contribution is -2.30. The van der Waals surface area contributed by atoms with Gasteiger partial charge in [-0.15, -0.1) is 0 Å². The van der Waals surface area contributed by atoms with Crippen LogP contribution < -0.4 is 0 Å². The minimum absolute atomic E-state index is 0.264. The van der Waals surface area contributed by atoms with Crippen molar-refractivity contribution in [3.63, 3.8) is 0 Å². The number of fused-ring (bicyclic) bond motifs is 1. The first-order chi connectivity index (χ1) is 12.7. The van der Waals surface area contributed by atoms with E-state index < -0.39 is 26.8 Å². The highest BCUT2D eigenvalue weighted by molar-refractivity contribution is 7.91. The summed E-state index contributed by atoms with van der Waals surface area (Å²) < 4.78 is 26.9. The lowest BCUT2D eigenvalue weighted by Gasteiger charge is -2.18. The lowest BCUT2D eigenvalue weighted by atomic mass is 10.1. The molecule has 0 aliphatic rings. The second-order valence-corrected chi connectivity index (χ2v) is 10.9. The number of aliphatic hydroxyl groups is 2. The van der Waals surface area contributed by atoms with Crippen LogP contribution in [0, 0.1) is 6.92 Å². The van der Waals surface area contributed by atoms with Crippen LogP contribution in [0.4, 0.5) is 0 Å². The van der Waals surface area contributed by atoms with Crippen molar-refractivity contribution in [2.75, 3.05) is 5.75 Å². The van der Waals surface area contributed by atoms with Crippen LogP contribution in [0.15, 0.2) is 23.1 Å². The number of phenolic OH excluding ortho intramolecular Hbond substituents is 1. The smallest absolute Gasteiger partial charge is 0.213 e. The number of sulfone groups is 1. The van der Waals surface area contributed by atoms with Gasteiger partial charge in [0.1, 0.15) is 21.3 Å². The maximum Gasteiger partial charge on any atom is 0.213 e. The van der Waals surface area contributed by atoms with Crippen molar-refractivity contribution in [3.05, 3.63) is 28.9 Å². The van der Waals surface area contributed by atoms with Crippen molar-refractivity contribution in [1.82, 2.24) is 14.6 Å². The van der Waals surface area contributed by atoms with Crippen molar-refractivity contribution in [1.29, 1.82) is 0 Å². The second-order valence-electron chi connectivity index (χ2n) is 7.96. The molecular weight excluding hydrogens is 402 g/mol. The monoisotopic (exact) mass is 425 g/mol. The van der Waals surface area contributed by atoms with E-state index in [0.717, 1.165) is 0 Å². The van der Waals surface area contributed by atoms with Gasteiger partial charge in [0.2, 0.25) is 4.96 Å². The predicted molar refractivity (Wildman–Crippen MR) is 106 cm³/mol. The largest absolute Gasteiger partial charge is 0.507 e. The number of phenols is 1. The fourth-order valence-electron chi connectivity index (χ4n) is 2.88. The first-order valence-electron chi connectivity index (χ1n) is 8.56. The normalized spacial score (nSPS) is 13.4. The number of aromatic nitrogens is 3. The Labute approximate surface area is 167 Å². The van der Waals surface area contributed by atoms with Gasteiger partial charge in [0, 0.05) is 5.56 Å². The molecule has 3 rings (SSSR count). The molecule has 0 unspecified atom stereocenters. The van der Waals surface area contributed by atoms with E-state index in [4.69, 9.17) is 0 Å². The first-order valence-corrected chi connectivity index (χ1v) is 11.0. The Morgan fingerprint density at radius 1 is 1.18 bits per heavy atom. The summed E-state index contributed by atoms with van der Waals surface area (Å²) in [7, 11) is -3.93. The Bertz CT molecular complexity index is 1150. The van der Waals surface area contributed by atoms with Crippen molar-refractivity contribution < 1.29 is 23.7 Å². The number of hydrogen-bond acceptors (Lipinski definition) is 8. The van der Waals surface area contributed by atoms with Gasteiger partial charge in [0.05, 0.1) is 22.7 Å². The van der Waals surface area contributed by atoms with Gasteiger partial charge >= 0.3 is 0 Å². The number of rotatable bonds is 5. The lowest BCUT2D eigenvalue weighted by molar-refractivity contribution is 0.0773. The molecule has 10 heteroatoms. The van der Waals surface area contributed by atoms with E-state index in [2.05, 4.69) is 10.1 Å². The van der Waals surface area contributed by atoms with Crippen molar-refractivity contribution >= 4 is 26.1 Å². The zero-order chi connectivity index (χ0) is 21.1. The molecule has 0 spiro atoms. The van der Waals surface area contributed by atoms with Crippen LogP contribution in [0.25, 0.3) is 16.2 Å². The Balaban J connectivity index is 2.18. The number of imidazole rings is 1. The molecule has 3 aromatic rings. The Morgan fingerprint density at radius 3 is 2.39 bits per heavy atom. The SMILES string of the molecule is Cc1nc2sc(C(C)(C)O)nn2c1-c1ccc(O)c(S(=O)(=O)CC(C)(C)O)c1. The molecule has 8 nitrogen and oxygen atoms in total. The van der Waals surface area contributed by atoms with Crippen LogP contribution >= 0.6 is 11.3 Å². The highest BCUT2D eigenvalue weighted by Gasteiger charge is 2.29. The molecule has 0 saturated carbocycles. The maximum absolute atomic E-state index is 12.7. The van der Waals surface area contributed by atoms with E-state index in [1.54, 1.807) is 31.4 Å². The molecule has 152 valence electrons. The third-order valence-electron chi connectivity index (χ3n) is 4.01. The fraction of sp³-hybridized carbons (Fsp3) is 0.444. The van der Waals surface area contributed by atoms with Crippen molar-refractivity contribution in [3.8, 4) is 17.0 Å². The van der Waals surface area contributed by atoms with E-state index in [-0.39, 0.29) is 10.6 Å². The summed E-state index contributed by atoms with van der Waals surface area (Å²) in [5, 5.41) is 35.2. The number of benzene rings is 1. The molecule has 2 heterocycles. The summed E-state index contributed by atoms with van der Waals surface area (Å²) in [6.45, 7) is 7.81. The third-order valence-corrected chi connectivity index (χ3v) is 7.32. The van der Waals surface area contributed by atoms with E-state index in [1.165, 1.54) is 37.3 Å². The van der Waals surface area contributed by atoms with Gasteiger partial charge in [-0.2, -0.15) is 5.10 Å². The quantitative estimate of drug-likeness (QED) is 0.572. The highest BCUT2D eigenvalue weighted by Crippen LogP contribution is 2.35. The summed E-state index contributed by atoms with van der Waals surface area (Å²) in [5.41, 5.74) is -0.867. The molecule has 3 N–H and O–H groups in total. The van der Waals surface area contributed by atoms with Gasteiger partial charge < -0.3 is 15.3 Å². The zero-order valence-corrected chi connectivity index (χ0v) is 17.9. The van der Waals surface area contributed by atoms with Crippen molar-refractivity contribution in [2.45, 2.75) is 50.7 Å². The molecule has 28 heavy (non-hydrogen) atoms. The summed E-state index contributed by atoms with van der Waals surface area (Å²) in [4.78, 5) is 4.76. The summed E-state index contributed by atoms with van der Waals surface area (Å²) in [6, 6.07) is 4.24. The fourth-order valence-corrected chi connectivity index (χ4v) is 5.61. The first kappa shape index (κ1) is 20.7. The van der Waals surface area contributed by atoms with Gasteiger partial charge in [-0.3, -0.25) is 0 Å². The highest BCUT2D eigenvalue weighted by atomic mass is 32.2. The maximum atomic E-state index is 12.7. The van der Waals surface area contributed by atoms with E-state index in [1.807, 2.05) is 0 Å². The second kappa shape index (κ2) is 6.51. The van der Waals surface area contributed by atoms with Gasteiger partial charge in [-0.05, 0) is 52.8 Å². The molecule has 0 bridgehead atoms. The van der Waals surface area contributed by atoms with Gasteiger partial charge in [-0.1, -0.05) is 11.3 Å². The minimum atomic E-state index is -3.93. The average Bonchev–Trinajstić information content (AvgIpc) is 3.02. The van der Waals surface area contributed by atoms with Crippen LogP contribution in [-0.4, -0.2) is 49.7 Å². The predicted octanol–water partition coefficient (Wildman–Crippen LogP) is 2.24. The number of aromatic hydroxyl groups is 1. The number of hydrogen-bond donors (Lipinski definition) is 3. The van der Waals surface area contributed by atoms with Crippen LogP contribution in [0.3, 0.4) is 0 Å². The molecule has 0 saturated heterocycles. The molecule has 2 aromatic heterocycles. The van der Waals surface area contributed by atoms with Gasteiger partial charge in [0.15, 0.2) is 9.84 Å². The number of nitrogens with zero attached hydrogens (tertiary/aromatic N) is 3. The Hall–Kier alpha value is -2.01. The Morgan fingerprint density at radius 2 is 1.82 bits per heavy atom. The van der Waals surface area contributed by atoms with E-state index in [0.29, 0.717) is 26.9 Å². The molecule has 0 amide bonds. The average molecular weight is 426 g/mol. The zero-order valence-electron chi connectivity index (χ0n) is 16.3. The van der Waals surface area contributed by atoms with Crippen molar-refractivity contribution in [2.24, 2.45) is 0 Å². The molecule has 0 aliphatic heterocycles. The number of aryl methyl sites for hydroxylation is 1. The minimum Gasteiger partial charge on any atom is -0.507 e. The third kappa shape index (κ3) is 3.90. The standard InChI is InChI=1S/C18H23N3O5S2/c1-10-14(21-16(19-10)27-15(20-21)18(4,5)24)11-6-7-12(22)13(8-11)28(25,26)9-17(2,3)23/h6-8,22-24H,9H2,1-5H3. The molecule has 0 atom stereocenters. The van der Waals surface area contributed by atoms with Gasteiger partial charge in [0.25, 0.3) is 0 Å². The summed E-state index contributed by atoms with van der Waals surface area (Å²) >= 11 is 1.24. The molecule has 0 aliphatic carbocycles. The van der Waals surface area contributed by atoms with E-state index in [9.17, 15) is 23.7 Å². The molecule has 0 fully saturated rings. The van der Waals surface area contributed by atoms with Gasteiger partial charge in [-0.25, -0.2) is 17.9 Å². The van der Waals surface area contributed by atoms with Crippen LogP contribution in [-0.2, 0) is 15.4 Å². The van der Waals surface area contributed by atoms with Crippen LogP contribution in [0.2, 0.25) is 0 Å². The molecule has 1 aromatic carbocycles. The topological polar surface area (TPSA) is 125 Å². The molecular formula is C18H23N3O5S2. The Kier molecular flexibility index (Phi) is 4.82. The summed E-state index contributed by atoms with van der Waals surface area (Å²) in [6.07, 6.45) is 0. The van der Waals surface area contributed by atoms with Crippen LogP contribution in [0.5, 0.6) is 5.75 Å².